The van der Waals surface area contributed by atoms with Crippen LogP contribution in [-0.4, -0.2) is 42.6 Å². The van der Waals surface area contributed by atoms with Crippen LogP contribution in [0.1, 0.15) is 22.3 Å². The molecule has 5 nitrogen and oxygen atoms in total. The van der Waals surface area contributed by atoms with Gasteiger partial charge in [-0.15, -0.1) is 11.3 Å². The van der Waals surface area contributed by atoms with Crippen LogP contribution in [-0.2, 0) is 4.74 Å². The summed E-state index contributed by atoms with van der Waals surface area (Å²) < 4.78 is 5.26. The Labute approximate surface area is 122 Å². The van der Waals surface area contributed by atoms with E-state index in [-0.39, 0.29) is 5.91 Å². The molecular formula is C14H19N3O2S. The second-order valence-corrected chi connectivity index (χ2v) is 5.57. The number of aryl methyl sites for hydroxylation is 1. The Morgan fingerprint density at radius 2 is 2.25 bits per heavy atom. The van der Waals surface area contributed by atoms with Crippen molar-refractivity contribution in [1.82, 2.24) is 9.88 Å². The molecule has 2 heterocycles. The van der Waals surface area contributed by atoms with Crippen LogP contribution in [0.2, 0.25) is 0 Å². The summed E-state index contributed by atoms with van der Waals surface area (Å²) in [4.78, 5) is 19.8. The molecule has 0 saturated carbocycles. The zero-order valence-electron chi connectivity index (χ0n) is 12.0. The second kappa shape index (κ2) is 6.19. The Bertz CT molecular complexity index is 624. The van der Waals surface area contributed by atoms with Crippen molar-refractivity contribution in [3.05, 3.63) is 22.7 Å². The molecule has 0 saturated heterocycles. The number of aromatic nitrogens is 1. The molecule has 0 bridgehead atoms. The second-order valence-electron chi connectivity index (χ2n) is 4.57. The number of amides is 1. The van der Waals surface area contributed by atoms with Gasteiger partial charge in [-0.05, 0) is 26.0 Å². The van der Waals surface area contributed by atoms with E-state index in [9.17, 15) is 4.79 Å². The molecule has 2 aromatic heterocycles. The largest absolute Gasteiger partial charge is 0.397 e. The van der Waals surface area contributed by atoms with E-state index in [1.165, 1.54) is 11.3 Å². The summed E-state index contributed by atoms with van der Waals surface area (Å²) in [5.74, 6) is -0.0807. The number of anilines is 1. The third kappa shape index (κ3) is 2.91. The lowest BCUT2D eigenvalue weighted by Crippen LogP contribution is -2.30. The molecule has 108 valence electrons. The predicted molar refractivity (Wildman–Crippen MR) is 82.2 cm³/mol. The van der Waals surface area contributed by atoms with Crippen LogP contribution < -0.4 is 5.73 Å². The van der Waals surface area contributed by atoms with Crippen molar-refractivity contribution in [2.24, 2.45) is 0 Å². The molecule has 0 unspecified atom stereocenters. The molecule has 2 aromatic rings. The summed E-state index contributed by atoms with van der Waals surface area (Å²) in [5, 5.41) is 0.849. The first-order valence-electron chi connectivity index (χ1n) is 6.53. The van der Waals surface area contributed by atoms with E-state index in [0.717, 1.165) is 15.9 Å². The van der Waals surface area contributed by atoms with Gasteiger partial charge in [-0.1, -0.05) is 0 Å². The van der Waals surface area contributed by atoms with Crippen LogP contribution in [0.25, 0.3) is 10.2 Å². The van der Waals surface area contributed by atoms with Gasteiger partial charge < -0.3 is 15.4 Å². The van der Waals surface area contributed by atoms with Crippen molar-refractivity contribution in [3.8, 4) is 0 Å². The molecule has 0 aromatic carbocycles. The lowest BCUT2D eigenvalue weighted by atomic mass is 10.2. The lowest BCUT2D eigenvalue weighted by molar-refractivity contribution is 0.0715. The van der Waals surface area contributed by atoms with Gasteiger partial charge >= 0.3 is 0 Å². The van der Waals surface area contributed by atoms with Gasteiger partial charge in [0, 0.05) is 31.3 Å². The van der Waals surface area contributed by atoms with E-state index in [1.54, 1.807) is 11.9 Å². The van der Waals surface area contributed by atoms with E-state index >= 15 is 0 Å². The smallest absolute Gasteiger partial charge is 0.265 e. The van der Waals surface area contributed by atoms with E-state index in [4.69, 9.17) is 10.5 Å². The van der Waals surface area contributed by atoms with Gasteiger partial charge in [-0.3, -0.25) is 4.79 Å². The maximum absolute atomic E-state index is 12.4. The number of ether oxygens (including phenoxy) is 1. The molecule has 2 N–H and O–H groups in total. The molecule has 0 fully saturated rings. The maximum Gasteiger partial charge on any atom is 0.265 e. The van der Waals surface area contributed by atoms with Crippen LogP contribution in [0.15, 0.2) is 12.1 Å². The molecule has 0 aliphatic rings. The zero-order chi connectivity index (χ0) is 14.7. The van der Waals surface area contributed by atoms with Crippen molar-refractivity contribution in [3.63, 3.8) is 0 Å². The quantitative estimate of drug-likeness (QED) is 0.859. The first-order valence-corrected chi connectivity index (χ1v) is 7.35. The standard InChI is InChI=1S/C14H19N3O2S/c1-4-19-8-7-17(3)14(18)12-11(15)10-6-5-9(2)16-13(10)20-12/h5-6H,4,7-8,15H2,1-3H3. The number of likely N-dealkylation sites (N-methyl/N-ethyl adjacent to an activating group) is 1. The normalized spacial score (nSPS) is 10.9. The average molecular weight is 293 g/mol. The monoisotopic (exact) mass is 293 g/mol. The minimum absolute atomic E-state index is 0.0807. The summed E-state index contributed by atoms with van der Waals surface area (Å²) in [6, 6.07) is 3.82. The first kappa shape index (κ1) is 14.7. The Morgan fingerprint density at radius 3 is 2.95 bits per heavy atom. The van der Waals surface area contributed by atoms with Gasteiger partial charge in [0.25, 0.3) is 5.91 Å². The lowest BCUT2D eigenvalue weighted by Gasteiger charge is -2.16. The number of nitrogens with two attached hydrogens (primary N) is 1. The molecule has 0 radical (unpaired) electrons. The number of carbonyl (C=O) groups is 1. The highest BCUT2D eigenvalue weighted by atomic mass is 32.1. The molecule has 0 atom stereocenters. The molecular weight excluding hydrogens is 274 g/mol. The van der Waals surface area contributed by atoms with Crippen molar-refractivity contribution in [2.45, 2.75) is 13.8 Å². The predicted octanol–water partition coefficient (Wildman–Crippen LogP) is 2.30. The summed E-state index contributed by atoms with van der Waals surface area (Å²) in [7, 11) is 1.75. The number of hydrogen-bond acceptors (Lipinski definition) is 5. The van der Waals surface area contributed by atoms with Crippen LogP contribution in [0.5, 0.6) is 0 Å². The fourth-order valence-corrected chi connectivity index (χ4v) is 3.00. The van der Waals surface area contributed by atoms with Gasteiger partial charge in [0.15, 0.2) is 0 Å². The Kier molecular flexibility index (Phi) is 4.57. The topological polar surface area (TPSA) is 68.5 Å². The van der Waals surface area contributed by atoms with E-state index in [2.05, 4.69) is 4.98 Å². The van der Waals surface area contributed by atoms with Gasteiger partial charge in [0.2, 0.25) is 0 Å². The van der Waals surface area contributed by atoms with Gasteiger partial charge in [-0.25, -0.2) is 4.98 Å². The van der Waals surface area contributed by atoms with E-state index in [1.807, 2.05) is 26.0 Å². The number of hydrogen-bond donors (Lipinski definition) is 1. The fraction of sp³-hybridized carbons (Fsp3) is 0.429. The molecule has 0 spiro atoms. The van der Waals surface area contributed by atoms with Crippen molar-refractivity contribution in [1.29, 1.82) is 0 Å². The van der Waals surface area contributed by atoms with Gasteiger partial charge in [-0.2, -0.15) is 0 Å². The van der Waals surface area contributed by atoms with E-state index < -0.39 is 0 Å². The minimum atomic E-state index is -0.0807. The maximum atomic E-state index is 12.4. The molecule has 20 heavy (non-hydrogen) atoms. The van der Waals surface area contributed by atoms with Crippen LogP contribution >= 0.6 is 11.3 Å². The Balaban J connectivity index is 2.23. The summed E-state index contributed by atoms with van der Waals surface area (Å²) in [6.07, 6.45) is 0. The summed E-state index contributed by atoms with van der Waals surface area (Å²) >= 11 is 1.35. The number of nitrogens with zero attached hydrogens (tertiary/aromatic N) is 2. The SMILES string of the molecule is CCOCCN(C)C(=O)c1sc2nc(C)ccc2c1N. The van der Waals surface area contributed by atoms with Crippen LogP contribution in [0.3, 0.4) is 0 Å². The summed E-state index contributed by atoms with van der Waals surface area (Å²) in [6.45, 7) is 5.58. The Morgan fingerprint density at radius 1 is 1.50 bits per heavy atom. The molecule has 6 heteroatoms. The first-order chi connectivity index (χ1) is 9.54. The van der Waals surface area contributed by atoms with Crippen LogP contribution in [0.4, 0.5) is 5.69 Å². The van der Waals surface area contributed by atoms with Crippen LogP contribution in [0, 0.1) is 6.92 Å². The number of fused-ring (bicyclic) bond motifs is 1. The van der Waals surface area contributed by atoms with Gasteiger partial charge in [0.05, 0.1) is 12.3 Å². The number of nitrogen functional groups attached to an aromatic ring is 1. The van der Waals surface area contributed by atoms with E-state index in [0.29, 0.717) is 30.3 Å². The third-order valence-electron chi connectivity index (χ3n) is 3.05. The number of carbonyl (C=O) groups excluding carboxylic acids is 1. The van der Waals surface area contributed by atoms with Crippen molar-refractivity contribution < 1.29 is 9.53 Å². The number of rotatable bonds is 5. The zero-order valence-corrected chi connectivity index (χ0v) is 12.8. The number of pyridine rings is 1. The van der Waals surface area contributed by atoms with Gasteiger partial charge in [0.1, 0.15) is 9.71 Å². The van der Waals surface area contributed by atoms with Crippen molar-refractivity contribution in [2.75, 3.05) is 32.5 Å². The highest BCUT2D eigenvalue weighted by Gasteiger charge is 2.20. The molecule has 1 amide bonds. The highest BCUT2D eigenvalue weighted by Crippen LogP contribution is 2.33. The minimum Gasteiger partial charge on any atom is -0.397 e. The third-order valence-corrected chi connectivity index (χ3v) is 4.15. The molecule has 2 rings (SSSR count). The summed E-state index contributed by atoms with van der Waals surface area (Å²) in [5.41, 5.74) is 7.51. The number of thiophene rings is 1. The molecule has 0 aliphatic heterocycles. The highest BCUT2D eigenvalue weighted by molar-refractivity contribution is 7.21. The fourth-order valence-electron chi connectivity index (χ4n) is 1.87. The Hall–Kier alpha value is -1.66. The van der Waals surface area contributed by atoms with Crippen molar-refractivity contribution >= 4 is 33.1 Å². The average Bonchev–Trinajstić information content (AvgIpc) is 2.74. The molecule has 0 aliphatic carbocycles.